The minimum atomic E-state index is -3.41. The number of benzene rings is 1. The number of rotatable bonds is 5. The number of aromatic amines is 1. The molecule has 2 aliphatic heterocycles. The summed E-state index contributed by atoms with van der Waals surface area (Å²) in [4.78, 5) is 15.5. The molecular weight excluding hydrogens is 452 g/mol. The van der Waals surface area contributed by atoms with Crippen LogP contribution >= 0.6 is 0 Å². The van der Waals surface area contributed by atoms with E-state index in [1.165, 1.54) is 0 Å². The molecule has 4 heterocycles. The first kappa shape index (κ1) is 22.0. The smallest absolute Gasteiger partial charge is 0.164 e. The van der Waals surface area contributed by atoms with Crippen LogP contribution in [0, 0.1) is 0 Å². The van der Waals surface area contributed by atoms with Gasteiger partial charge in [-0.25, -0.2) is 18.4 Å². The Hall–Kier alpha value is -2.49. The highest BCUT2D eigenvalue weighted by molar-refractivity contribution is 7.93. The molecule has 6 rings (SSSR count). The Kier molecular flexibility index (Phi) is 5.38. The lowest BCUT2D eigenvalue weighted by atomic mass is 9.94. The van der Waals surface area contributed by atoms with E-state index in [4.69, 9.17) is 19.4 Å². The largest absolute Gasteiger partial charge is 0.381 e. The number of morpholine rings is 1. The Balaban J connectivity index is 1.57. The number of fused-ring (bicyclic) bond motifs is 1. The van der Waals surface area contributed by atoms with Crippen LogP contribution in [0.5, 0.6) is 0 Å². The van der Waals surface area contributed by atoms with Gasteiger partial charge in [-0.1, -0.05) is 12.1 Å². The van der Waals surface area contributed by atoms with Crippen LogP contribution in [0.25, 0.3) is 22.3 Å². The molecule has 1 aliphatic carbocycles. The van der Waals surface area contributed by atoms with Gasteiger partial charge in [-0.15, -0.1) is 0 Å². The van der Waals surface area contributed by atoms with Crippen molar-refractivity contribution in [3.63, 3.8) is 0 Å². The van der Waals surface area contributed by atoms with Gasteiger partial charge < -0.3 is 19.4 Å². The molecular formula is C25H30N4O4S. The van der Waals surface area contributed by atoms with Crippen molar-refractivity contribution in [2.75, 3.05) is 37.9 Å². The van der Waals surface area contributed by atoms with Crippen LogP contribution in [0.2, 0.25) is 0 Å². The van der Waals surface area contributed by atoms with E-state index in [1.807, 2.05) is 36.5 Å². The highest BCUT2D eigenvalue weighted by atomic mass is 32.2. The summed E-state index contributed by atoms with van der Waals surface area (Å²) in [7, 11) is -3.41. The predicted octanol–water partition coefficient (Wildman–Crippen LogP) is 3.43. The fourth-order valence-electron chi connectivity index (χ4n) is 5.37. The Bertz CT molecular complexity index is 1310. The van der Waals surface area contributed by atoms with Gasteiger partial charge in [0.1, 0.15) is 10.6 Å². The van der Waals surface area contributed by atoms with Crippen molar-refractivity contribution < 1.29 is 17.9 Å². The van der Waals surface area contributed by atoms with Gasteiger partial charge in [0.15, 0.2) is 15.7 Å². The van der Waals surface area contributed by atoms with E-state index in [0.717, 1.165) is 35.1 Å². The molecule has 0 bridgehead atoms. The summed E-state index contributed by atoms with van der Waals surface area (Å²) in [6.07, 6.45) is 4.22. The lowest BCUT2D eigenvalue weighted by molar-refractivity contribution is 0.0729. The molecule has 0 unspecified atom stereocenters. The maximum absolute atomic E-state index is 13.9. The number of sulfone groups is 1. The highest BCUT2D eigenvalue weighted by Crippen LogP contribution is 2.48. The number of H-pyrrole nitrogens is 1. The van der Waals surface area contributed by atoms with E-state index in [9.17, 15) is 8.42 Å². The van der Waals surface area contributed by atoms with E-state index >= 15 is 0 Å². The molecule has 0 spiro atoms. The minimum Gasteiger partial charge on any atom is -0.381 e. The monoisotopic (exact) mass is 482 g/mol. The third kappa shape index (κ3) is 3.52. The number of nitrogens with one attached hydrogen (secondary N) is 1. The fourth-order valence-corrected chi connectivity index (χ4v) is 7.89. The summed E-state index contributed by atoms with van der Waals surface area (Å²) in [5, 5.41) is 0.745. The van der Waals surface area contributed by atoms with Crippen molar-refractivity contribution in [3.05, 3.63) is 42.2 Å². The maximum Gasteiger partial charge on any atom is 0.164 e. The Morgan fingerprint density at radius 1 is 1.09 bits per heavy atom. The number of anilines is 1. The van der Waals surface area contributed by atoms with Crippen molar-refractivity contribution in [1.29, 1.82) is 0 Å². The zero-order valence-electron chi connectivity index (χ0n) is 19.4. The number of nitrogens with zero attached hydrogens (tertiary/aromatic N) is 3. The topological polar surface area (TPSA) is 97.4 Å². The number of hydrogen-bond acceptors (Lipinski definition) is 7. The normalized spacial score (nSPS) is 23.3. The quantitative estimate of drug-likeness (QED) is 0.595. The summed E-state index contributed by atoms with van der Waals surface area (Å²) in [5.74, 6) is 1.33. The molecule has 34 heavy (non-hydrogen) atoms. The van der Waals surface area contributed by atoms with Gasteiger partial charge in [-0.05, 0) is 44.7 Å². The van der Waals surface area contributed by atoms with Gasteiger partial charge in [0, 0.05) is 48.5 Å². The molecule has 2 aromatic heterocycles. The summed E-state index contributed by atoms with van der Waals surface area (Å²) in [5.41, 5.74) is 2.50. The molecule has 3 aliphatic rings. The lowest BCUT2D eigenvalue weighted by Gasteiger charge is -2.38. The van der Waals surface area contributed by atoms with Crippen LogP contribution in [-0.4, -0.2) is 67.6 Å². The predicted molar refractivity (Wildman–Crippen MR) is 131 cm³/mol. The number of aromatic nitrogens is 3. The lowest BCUT2D eigenvalue weighted by Crippen LogP contribution is -2.46. The summed E-state index contributed by atoms with van der Waals surface area (Å²) in [6.45, 7) is 4.88. The van der Waals surface area contributed by atoms with Crippen LogP contribution in [0.1, 0.15) is 38.3 Å². The van der Waals surface area contributed by atoms with E-state index in [0.29, 0.717) is 57.3 Å². The van der Waals surface area contributed by atoms with Crippen molar-refractivity contribution >= 4 is 26.6 Å². The van der Waals surface area contributed by atoms with Crippen molar-refractivity contribution in [1.82, 2.24) is 15.0 Å². The highest BCUT2D eigenvalue weighted by Gasteiger charge is 2.54. The van der Waals surface area contributed by atoms with Gasteiger partial charge in [0.25, 0.3) is 0 Å². The Morgan fingerprint density at radius 3 is 2.68 bits per heavy atom. The first-order valence-corrected chi connectivity index (χ1v) is 13.7. The van der Waals surface area contributed by atoms with Gasteiger partial charge in [0.05, 0.1) is 30.2 Å². The molecule has 1 atom stereocenters. The molecule has 8 nitrogen and oxygen atoms in total. The molecule has 9 heteroatoms. The molecule has 3 fully saturated rings. The fraction of sp³-hybridized carbons (Fsp3) is 0.520. The van der Waals surface area contributed by atoms with Crippen LogP contribution < -0.4 is 4.90 Å². The molecule has 0 amide bonds. The molecule has 1 N–H and O–H groups in total. The molecule has 1 saturated carbocycles. The third-order valence-electron chi connectivity index (χ3n) is 7.49. The SMILES string of the molecule is C[C@@H]1COCCN1c1cc(C2(S(=O)(=O)C3CC3)CCOCC2)nc(-c2cccc3[nH]ccc23)n1. The van der Waals surface area contributed by atoms with Gasteiger partial charge in [0.2, 0.25) is 0 Å². The first-order chi connectivity index (χ1) is 16.5. The zero-order valence-corrected chi connectivity index (χ0v) is 20.2. The van der Waals surface area contributed by atoms with E-state index in [1.54, 1.807) is 0 Å². The molecule has 3 aromatic rings. The van der Waals surface area contributed by atoms with Crippen LogP contribution in [0.3, 0.4) is 0 Å². The number of ether oxygens (including phenoxy) is 2. The molecule has 2 saturated heterocycles. The maximum atomic E-state index is 13.9. The van der Waals surface area contributed by atoms with Gasteiger partial charge in [-0.2, -0.15) is 0 Å². The Morgan fingerprint density at radius 2 is 1.91 bits per heavy atom. The molecule has 1 aromatic carbocycles. The van der Waals surface area contributed by atoms with Crippen molar-refractivity contribution in [3.8, 4) is 11.4 Å². The third-order valence-corrected chi connectivity index (χ3v) is 10.5. The molecule has 180 valence electrons. The average Bonchev–Trinajstić information content (AvgIpc) is 3.62. The van der Waals surface area contributed by atoms with Gasteiger partial charge in [-0.3, -0.25) is 0 Å². The first-order valence-electron chi connectivity index (χ1n) is 12.1. The van der Waals surface area contributed by atoms with E-state index < -0.39 is 14.6 Å². The van der Waals surface area contributed by atoms with E-state index in [-0.39, 0.29) is 11.3 Å². The Labute approximate surface area is 199 Å². The van der Waals surface area contributed by atoms with E-state index in [2.05, 4.69) is 16.8 Å². The summed E-state index contributed by atoms with van der Waals surface area (Å²) in [6, 6.07) is 10.1. The average molecular weight is 483 g/mol. The van der Waals surface area contributed by atoms with Crippen molar-refractivity contribution in [2.24, 2.45) is 0 Å². The second kappa shape index (κ2) is 8.32. The second-order valence-corrected chi connectivity index (χ2v) is 12.2. The van der Waals surface area contributed by atoms with Crippen molar-refractivity contribution in [2.45, 2.75) is 48.6 Å². The van der Waals surface area contributed by atoms with Crippen LogP contribution in [0.15, 0.2) is 36.5 Å². The zero-order chi connectivity index (χ0) is 23.3. The second-order valence-electron chi connectivity index (χ2n) is 9.65. The minimum absolute atomic E-state index is 0.137. The van der Waals surface area contributed by atoms with Gasteiger partial charge >= 0.3 is 0 Å². The van der Waals surface area contributed by atoms with Crippen LogP contribution in [-0.2, 0) is 24.1 Å². The summed E-state index contributed by atoms with van der Waals surface area (Å²) >= 11 is 0. The number of hydrogen-bond donors (Lipinski definition) is 1. The van der Waals surface area contributed by atoms with Crippen LogP contribution in [0.4, 0.5) is 5.82 Å². The molecule has 0 radical (unpaired) electrons. The standard InChI is InChI=1S/C25H30N4O4S/c1-17-16-33-14-11-29(17)23-15-22(25(8-12-32-13-9-25)34(30,31)18-5-6-18)27-24(28-23)20-3-2-4-21-19(20)7-10-26-21/h2-4,7,10,15,17-18,26H,5-6,8-9,11-14,16H2,1H3/t17-/m1/s1. The summed E-state index contributed by atoms with van der Waals surface area (Å²) < 4.78 is 38.0.